The summed E-state index contributed by atoms with van der Waals surface area (Å²) in [5, 5.41) is 11.2. The molecule has 1 aromatic heterocycles. The van der Waals surface area contributed by atoms with Gasteiger partial charge in [0.1, 0.15) is 6.04 Å². The van der Waals surface area contributed by atoms with Gasteiger partial charge in [0.15, 0.2) is 0 Å². The van der Waals surface area contributed by atoms with Crippen LogP contribution >= 0.6 is 0 Å². The zero-order chi connectivity index (χ0) is 26.7. The lowest BCUT2D eigenvalue weighted by atomic mass is 9.76. The molecule has 2 aromatic carbocycles. The number of aliphatic hydroxyl groups excluding tert-OH is 1. The van der Waals surface area contributed by atoms with Gasteiger partial charge in [-0.1, -0.05) is 32.0 Å². The average Bonchev–Trinajstić information content (AvgIpc) is 3.53. The second-order valence-electron chi connectivity index (χ2n) is 11.2. The number of para-hydroxylation sites is 1. The molecule has 4 heterocycles. The van der Waals surface area contributed by atoms with Crippen molar-refractivity contribution in [2.24, 2.45) is 5.41 Å². The highest BCUT2D eigenvalue weighted by molar-refractivity contribution is 7.89. The summed E-state index contributed by atoms with van der Waals surface area (Å²) in [4.78, 5) is 20.9. The molecule has 0 bridgehead atoms. The predicted octanol–water partition coefficient (Wildman–Crippen LogP) is 2.66. The maximum atomic E-state index is 14.0. The first kappa shape index (κ1) is 25.4. The molecule has 9 nitrogen and oxygen atoms in total. The third kappa shape index (κ3) is 4.29. The van der Waals surface area contributed by atoms with E-state index in [4.69, 9.17) is 4.74 Å². The molecule has 10 heteroatoms. The number of aromatic amines is 1. The van der Waals surface area contributed by atoms with Crippen molar-refractivity contribution in [3.05, 3.63) is 48.5 Å². The molecule has 3 aromatic rings. The highest BCUT2D eigenvalue weighted by Crippen LogP contribution is 2.43. The van der Waals surface area contributed by atoms with E-state index in [1.54, 1.807) is 17.0 Å². The van der Waals surface area contributed by atoms with Crippen molar-refractivity contribution in [1.82, 2.24) is 14.2 Å². The number of H-pyrrole nitrogens is 1. The number of β-amino-alcohol motifs (C(OH)–C–C–N with tert-alkyl or cyclic N) is 1. The van der Waals surface area contributed by atoms with Gasteiger partial charge in [0.05, 0.1) is 24.2 Å². The second kappa shape index (κ2) is 9.37. The number of anilines is 1. The fourth-order valence-electron chi connectivity index (χ4n) is 5.98. The van der Waals surface area contributed by atoms with Crippen molar-refractivity contribution in [3.8, 4) is 11.3 Å². The van der Waals surface area contributed by atoms with Gasteiger partial charge in [-0.25, -0.2) is 8.42 Å². The standard InChI is InChI=1S/C28H34N4O5S/c1-28(2)18-32(26(28)27(34)30-11-13-37-14-12-30)38(35,36)21-7-8-25(31-10-9-20(33)17-31)22(16-21)24-15-19-5-3-4-6-23(19)29-24/h3-8,15-16,20,26,29,33H,9-14,17-18H2,1-2H3/t20-,26+/m0/s1. The number of nitrogens with one attached hydrogen (secondary N) is 1. The molecule has 3 aliphatic heterocycles. The number of hydrogen-bond donors (Lipinski definition) is 2. The van der Waals surface area contributed by atoms with Gasteiger partial charge < -0.3 is 24.6 Å². The van der Waals surface area contributed by atoms with E-state index in [9.17, 15) is 18.3 Å². The third-order valence-electron chi connectivity index (χ3n) is 8.05. The van der Waals surface area contributed by atoms with E-state index in [-0.39, 0.29) is 17.3 Å². The first-order chi connectivity index (χ1) is 18.1. The van der Waals surface area contributed by atoms with Gasteiger partial charge in [-0.3, -0.25) is 4.79 Å². The number of carbonyl (C=O) groups is 1. The molecule has 2 atom stereocenters. The Balaban J connectivity index is 1.39. The van der Waals surface area contributed by atoms with Crippen molar-refractivity contribution in [2.45, 2.75) is 37.3 Å². The van der Waals surface area contributed by atoms with Crippen molar-refractivity contribution in [3.63, 3.8) is 0 Å². The SMILES string of the molecule is CC1(C)CN(S(=O)(=O)c2ccc(N3CC[C@H](O)C3)c(-c3cc4ccccc4[nH]3)c2)[C@@H]1C(=O)N1CCOCC1. The summed E-state index contributed by atoms with van der Waals surface area (Å²) < 4.78 is 34.8. The predicted molar refractivity (Wildman–Crippen MR) is 145 cm³/mol. The molecule has 0 radical (unpaired) electrons. The Morgan fingerprint density at radius 2 is 1.84 bits per heavy atom. The molecule has 2 N–H and O–H groups in total. The Bertz CT molecular complexity index is 1440. The number of morpholine rings is 1. The van der Waals surface area contributed by atoms with Crippen molar-refractivity contribution >= 4 is 32.5 Å². The van der Waals surface area contributed by atoms with Gasteiger partial charge in [0.25, 0.3) is 0 Å². The van der Waals surface area contributed by atoms with Crippen LogP contribution in [0.1, 0.15) is 20.3 Å². The Kier molecular flexibility index (Phi) is 6.26. The zero-order valence-corrected chi connectivity index (χ0v) is 22.6. The fraction of sp³-hybridized carbons (Fsp3) is 0.464. The van der Waals surface area contributed by atoms with Crippen LogP contribution in [0.15, 0.2) is 53.4 Å². The minimum Gasteiger partial charge on any atom is -0.391 e. The number of rotatable bonds is 5. The van der Waals surface area contributed by atoms with Crippen molar-refractivity contribution in [1.29, 1.82) is 0 Å². The van der Waals surface area contributed by atoms with Gasteiger partial charge >= 0.3 is 0 Å². The van der Waals surface area contributed by atoms with E-state index >= 15 is 0 Å². The van der Waals surface area contributed by atoms with Crippen LogP contribution in [0, 0.1) is 5.41 Å². The lowest BCUT2D eigenvalue weighted by molar-refractivity contribution is -0.150. The minimum atomic E-state index is -3.94. The van der Waals surface area contributed by atoms with Gasteiger partial charge in [-0.15, -0.1) is 0 Å². The van der Waals surface area contributed by atoms with Gasteiger partial charge in [0.2, 0.25) is 15.9 Å². The van der Waals surface area contributed by atoms with Crippen LogP contribution in [-0.2, 0) is 19.6 Å². The molecular weight excluding hydrogens is 504 g/mol. The number of aromatic nitrogens is 1. The topological polar surface area (TPSA) is 106 Å². The first-order valence-corrected chi connectivity index (χ1v) is 14.6. The van der Waals surface area contributed by atoms with Crippen LogP contribution in [0.4, 0.5) is 5.69 Å². The van der Waals surface area contributed by atoms with E-state index in [0.717, 1.165) is 27.8 Å². The monoisotopic (exact) mass is 538 g/mol. The molecular formula is C28H34N4O5S. The number of aliphatic hydroxyl groups is 1. The number of carbonyl (C=O) groups excluding carboxylic acids is 1. The van der Waals surface area contributed by atoms with Gasteiger partial charge in [-0.2, -0.15) is 4.31 Å². The highest BCUT2D eigenvalue weighted by atomic mass is 32.2. The number of benzene rings is 2. The highest BCUT2D eigenvalue weighted by Gasteiger charge is 2.56. The fourth-order valence-corrected chi connectivity index (χ4v) is 7.91. The van der Waals surface area contributed by atoms with Crippen LogP contribution in [0.5, 0.6) is 0 Å². The minimum absolute atomic E-state index is 0.157. The lowest BCUT2D eigenvalue weighted by Gasteiger charge is -2.53. The van der Waals surface area contributed by atoms with Crippen LogP contribution in [0.2, 0.25) is 0 Å². The van der Waals surface area contributed by atoms with Crippen molar-refractivity contribution in [2.75, 3.05) is 50.8 Å². The van der Waals surface area contributed by atoms with Gasteiger partial charge in [-0.05, 0) is 36.8 Å². The van der Waals surface area contributed by atoms with Gasteiger partial charge in [0, 0.05) is 66.0 Å². The maximum Gasteiger partial charge on any atom is 0.243 e. The first-order valence-electron chi connectivity index (χ1n) is 13.2. The Hall–Kier alpha value is -2.92. The van der Waals surface area contributed by atoms with Crippen LogP contribution in [0.3, 0.4) is 0 Å². The molecule has 38 heavy (non-hydrogen) atoms. The number of amides is 1. The summed E-state index contributed by atoms with van der Waals surface area (Å²) in [6, 6.07) is 14.4. The Morgan fingerprint density at radius 1 is 1.08 bits per heavy atom. The molecule has 6 rings (SSSR count). The largest absolute Gasteiger partial charge is 0.391 e. The third-order valence-corrected chi connectivity index (χ3v) is 9.85. The van der Waals surface area contributed by atoms with Crippen molar-refractivity contribution < 1.29 is 23.1 Å². The summed E-state index contributed by atoms with van der Waals surface area (Å²) in [5.41, 5.74) is 2.94. The summed E-state index contributed by atoms with van der Waals surface area (Å²) in [5.74, 6) is -0.161. The summed E-state index contributed by atoms with van der Waals surface area (Å²) >= 11 is 0. The lowest BCUT2D eigenvalue weighted by Crippen LogP contribution is -2.69. The Labute approximate surface area is 223 Å². The summed E-state index contributed by atoms with van der Waals surface area (Å²) in [6.07, 6.45) is 0.254. The number of hydrogen-bond acceptors (Lipinski definition) is 6. The van der Waals surface area contributed by atoms with E-state index in [1.165, 1.54) is 4.31 Å². The van der Waals surface area contributed by atoms with Crippen LogP contribution < -0.4 is 4.90 Å². The number of nitrogens with zero attached hydrogens (tertiary/aromatic N) is 3. The molecule has 202 valence electrons. The zero-order valence-electron chi connectivity index (χ0n) is 21.8. The Morgan fingerprint density at radius 3 is 2.53 bits per heavy atom. The number of sulfonamides is 1. The number of ether oxygens (including phenoxy) is 1. The smallest absolute Gasteiger partial charge is 0.243 e. The van der Waals surface area contributed by atoms with Crippen LogP contribution in [-0.4, -0.2) is 91.7 Å². The quantitative estimate of drug-likeness (QED) is 0.518. The normalized spacial score (nSPS) is 24.1. The summed E-state index contributed by atoms with van der Waals surface area (Å²) in [6.45, 7) is 7.22. The molecule has 0 saturated carbocycles. The molecule has 0 aliphatic carbocycles. The maximum absolute atomic E-state index is 14.0. The molecule has 3 aliphatic rings. The molecule has 3 fully saturated rings. The van der Waals surface area contributed by atoms with E-state index in [0.29, 0.717) is 45.8 Å². The summed E-state index contributed by atoms with van der Waals surface area (Å²) in [7, 11) is -3.94. The molecule has 3 saturated heterocycles. The van der Waals surface area contributed by atoms with Crippen LogP contribution in [0.25, 0.3) is 22.2 Å². The average molecular weight is 539 g/mol. The molecule has 0 unspecified atom stereocenters. The second-order valence-corrected chi connectivity index (χ2v) is 13.1. The van der Waals surface area contributed by atoms with E-state index in [2.05, 4.69) is 9.88 Å². The number of fused-ring (bicyclic) bond motifs is 1. The van der Waals surface area contributed by atoms with E-state index in [1.807, 2.05) is 50.2 Å². The molecule has 0 spiro atoms. The van der Waals surface area contributed by atoms with E-state index < -0.39 is 27.6 Å². The molecule has 1 amide bonds.